The first-order chi connectivity index (χ1) is 22.1. The van der Waals surface area contributed by atoms with Crippen molar-refractivity contribution >= 4 is 23.6 Å². The summed E-state index contributed by atoms with van der Waals surface area (Å²) in [4.78, 5) is 54.8. The number of amides is 4. The van der Waals surface area contributed by atoms with Crippen LogP contribution in [0.5, 0.6) is 0 Å². The van der Waals surface area contributed by atoms with Crippen molar-refractivity contribution in [2.45, 2.75) is 90.1 Å². The summed E-state index contributed by atoms with van der Waals surface area (Å²) in [5, 5.41) is 6.09. The zero-order chi connectivity index (χ0) is 34.3. The molecule has 0 spiro atoms. The number of ether oxygens (including phenoxy) is 4. The molecule has 1 aliphatic rings. The highest BCUT2D eigenvalue weighted by atomic mass is 16.5. The molecule has 46 heavy (non-hydrogen) atoms. The molecule has 12 heteroatoms. The van der Waals surface area contributed by atoms with E-state index in [2.05, 4.69) is 23.8 Å². The fraction of sp³-hybridized carbons (Fsp3) is 0.765. The monoisotopic (exact) mass is 652 g/mol. The van der Waals surface area contributed by atoms with Crippen molar-refractivity contribution in [3.63, 3.8) is 0 Å². The summed E-state index contributed by atoms with van der Waals surface area (Å²) < 4.78 is 22.8. The van der Waals surface area contributed by atoms with E-state index in [-0.39, 0.29) is 62.9 Å². The van der Waals surface area contributed by atoms with Crippen LogP contribution in [-0.4, -0.2) is 124 Å². The largest absolute Gasteiger partial charge is 0.377 e. The van der Waals surface area contributed by atoms with Gasteiger partial charge in [-0.15, -0.1) is 13.2 Å². The summed E-state index contributed by atoms with van der Waals surface area (Å²) in [7, 11) is 0. The minimum Gasteiger partial charge on any atom is -0.377 e. The molecule has 1 rings (SSSR count). The van der Waals surface area contributed by atoms with Crippen LogP contribution in [0.2, 0.25) is 0 Å². The number of nitrogens with zero attached hydrogens (tertiary/aromatic N) is 2. The molecule has 0 aromatic heterocycles. The molecule has 0 bridgehead atoms. The van der Waals surface area contributed by atoms with Crippen molar-refractivity contribution in [1.82, 2.24) is 20.4 Å². The Morgan fingerprint density at radius 2 is 0.848 bits per heavy atom. The number of carbonyl (C=O) groups is 4. The van der Waals surface area contributed by atoms with Gasteiger partial charge in [-0.3, -0.25) is 19.2 Å². The zero-order valence-corrected chi connectivity index (χ0v) is 28.9. The van der Waals surface area contributed by atoms with Gasteiger partial charge in [0, 0.05) is 37.3 Å². The lowest BCUT2D eigenvalue weighted by molar-refractivity contribution is -0.140. The molecule has 1 heterocycles. The molecular formula is C34H60N4O8. The highest BCUT2D eigenvalue weighted by Crippen LogP contribution is 2.21. The van der Waals surface area contributed by atoms with Crippen molar-refractivity contribution in [2.75, 3.05) is 79.0 Å². The Morgan fingerprint density at radius 3 is 1.09 bits per heavy atom. The SMILES string of the molecule is C=CCC(CC)(CC)NC(=O)CC(=O)N1CCOCCOCCN(C(=O)CC(=O)NC(CC)(CC)CC=C)CCOCCOCC1. The Kier molecular flexibility index (Phi) is 21.1. The van der Waals surface area contributed by atoms with Gasteiger partial charge in [0.25, 0.3) is 0 Å². The van der Waals surface area contributed by atoms with E-state index in [9.17, 15) is 19.2 Å². The number of nitrogens with one attached hydrogen (secondary N) is 2. The predicted octanol–water partition coefficient (Wildman–Crippen LogP) is 3.01. The summed E-state index contributed by atoms with van der Waals surface area (Å²) in [5.41, 5.74) is -0.807. The van der Waals surface area contributed by atoms with Crippen LogP contribution in [0, 0.1) is 0 Å². The van der Waals surface area contributed by atoms with Crippen LogP contribution in [0.1, 0.15) is 79.1 Å². The molecule has 2 N–H and O–H groups in total. The molecule has 0 aliphatic carbocycles. The van der Waals surface area contributed by atoms with Crippen LogP contribution in [0.4, 0.5) is 0 Å². The van der Waals surface area contributed by atoms with Gasteiger partial charge in [-0.25, -0.2) is 0 Å². The molecule has 1 fully saturated rings. The van der Waals surface area contributed by atoms with E-state index in [1.807, 2.05) is 27.7 Å². The van der Waals surface area contributed by atoms with Gasteiger partial charge in [-0.05, 0) is 38.5 Å². The normalized spacial score (nSPS) is 16.9. The third kappa shape index (κ3) is 15.7. The molecule has 1 aliphatic heterocycles. The Bertz CT molecular complexity index is 842. The molecule has 0 aromatic carbocycles. The summed E-state index contributed by atoms with van der Waals surface area (Å²) in [5.74, 6) is -1.20. The number of rotatable bonds is 14. The average Bonchev–Trinajstić information content (AvgIpc) is 3.03. The predicted molar refractivity (Wildman–Crippen MR) is 178 cm³/mol. The molecule has 12 nitrogen and oxygen atoms in total. The molecule has 0 saturated carbocycles. The fourth-order valence-corrected chi connectivity index (χ4v) is 5.33. The smallest absolute Gasteiger partial charge is 0.232 e. The summed E-state index contributed by atoms with van der Waals surface area (Å²) in [6.07, 6.45) is 7.31. The van der Waals surface area contributed by atoms with E-state index in [0.717, 1.165) is 25.7 Å². The second-order valence-electron chi connectivity index (χ2n) is 11.6. The molecule has 0 aromatic rings. The Hall–Kier alpha value is -2.80. The van der Waals surface area contributed by atoms with Gasteiger partial charge in [0.05, 0.1) is 52.9 Å². The first kappa shape index (κ1) is 41.2. The maximum atomic E-state index is 13.1. The fourth-order valence-electron chi connectivity index (χ4n) is 5.33. The molecule has 4 amide bonds. The van der Waals surface area contributed by atoms with Crippen LogP contribution in [0.15, 0.2) is 25.3 Å². The molecule has 264 valence electrons. The van der Waals surface area contributed by atoms with Gasteiger partial charge >= 0.3 is 0 Å². The van der Waals surface area contributed by atoms with Crippen molar-refractivity contribution in [3.8, 4) is 0 Å². The lowest BCUT2D eigenvalue weighted by Crippen LogP contribution is -2.49. The number of hydrogen-bond acceptors (Lipinski definition) is 8. The van der Waals surface area contributed by atoms with E-state index in [1.165, 1.54) is 0 Å². The minimum atomic E-state index is -0.403. The van der Waals surface area contributed by atoms with Crippen molar-refractivity contribution in [3.05, 3.63) is 25.3 Å². The van der Waals surface area contributed by atoms with Crippen LogP contribution in [0.25, 0.3) is 0 Å². The highest BCUT2D eigenvalue weighted by Gasteiger charge is 2.29. The zero-order valence-electron chi connectivity index (χ0n) is 28.9. The maximum absolute atomic E-state index is 13.1. The van der Waals surface area contributed by atoms with Gasteiger partial charge in [0.2, 0.25) is 23.6 Å². The average molecular weight is 653 g/mol. The molecule has 0 atom stereocenters. The van der Waals surface area contributed by atoms with Gasteiger partial charge in [-0.2, -0.15) is 0 Å². The topological polar surface area (TPSA) is 136 Å². The second kappa shape index (κ2) is 23.5. The van der Waals surface area contributed by atoms with E-state index in [4.69, 9.17) is 18.9 Å². The molecular weight excluding hydrogens is 592 g/mol. The third-order valence-electron chi connectivity index (χ3n) is 8.68. The van der Waals surface area contributed by atoms with E-state index in [0.29, 0.717) is 65.4 Å². The molecule has 1 saturated heterocycles. The first-order valence-electron chi connectivity index (χ1n) is 16.8. The lowest BCUT2D eigenvalue weighted by atomic mass is 9.89. The Balaban J connectivity index is 2.67. The van der Waals surface area contributed by atoms with Gasteiger partial charge in [0.1, 0.15) is 12.8 Å². The number of carbonyl (C=O) groups excluding carboxylic acids is 4. The Labute approximate surface area is 276 Å². The quantitative estimate of drug-likeness (QED) is 0.216. The van der Waals surface area contributed by atoms with Crippen molar-refractivity contribution < 1.29 is 38.1 Å². The first-order valence-corrected chi connectivity index (χ1v) is 16.8. The van der Waals surface area contributed by atoms with Crippen molar-refractivity contribution in [1.29, 1.82) is 0 Å². The van der Waals surface area contributed by atoms with Crippen LogP contribution >= 0.6 is 0 Å². The molecule has 0 radical (unpaired) electrons. The van der Waals surface area contributed by atoms with Crippen LogP contribution in [-0.2, 0) is 38.1 Å². The number of hydrogen-bond donors (Lipinski definition) is 2. The second-order valence-corrected chi connectivity index (χ2v) is 11.6. The summed E-state index contributed by atoms with van der Waals surface area (Å²) in [6, 6.07) is 0. The van der Waals surface area contributed by atoms with E-state index in [1.54, 1.807) is 22.0 Å². The van der Waals surface area contributed by atoms with E-state index < -0.39 is 11.1 Å². The van der Waals surface area contributed by atoms with Crippen molar-refractivity contribution in [2.24, 2.45) is 0 Å². The summed E-state index contributed by atoms with van der Waals surface area (Å²) in [6.45, 7) is 19.2. The lowest BCUT2D eigenvalue weighted by Gasteiger charge is -2.32. The maximum Gasteiger partial charge on any atom is 0.232 e. The third-order valence-corrected chi connectivity index (χ3v) is 8.68. The van der Waals surface area contributed by atoms with Crippen LogP contribution < -0.4 is 10.6 Å². The van der Waals surface area contributed by atoms with Gasteiger partial charge < -0.3 is 39.4 Å². The highest BCUT2D eigenvalue weighted by molar-refractivity contribution is 5.97. The molecule has 0 unspecified atom stereocenters. The summed E-state index contributed by atoms with van der Waals surface area (Å²) >= 11 is 0. The Morgan fingerprint density at radius 1 is 0.565 bits per heavy atom. The van der Waals surface area contributed by atoms with E-state index >= 15 is 0 Å². The van der Waals surface area contributed by atoms with Crippen LogP contribution in [0.3, 0.4) is 0 Å². The standard InChI is InChI=1S/C34H60N4O8/c1-7-13-33(9-3,10-4)35-29(39)27-31(41)37-15-19-43-23-25-45-21-17-38(18-22-46-26-24-44-20-16-37)32(42)28-30(40)36-34(11-5,12-6)14-8-2/h7-8H,1-2,9-28H2,3-6H3,(H,35,39)(H,36,40). The van der Waals surface area contributed by atoms with Gasteiger partial charge in [-0.1, -0.05) is 39.8 Å². The van der Waals surface area contributed by atoms with Gasteiger partial charge in [0.15, 0.2) is 0 Å². The minimum absolute atomic E-state index is 0.255.